The van der Waals surface area contributed by atoms with Gasteiger partial charge in [-0.25, -0.2) is 4.39 Å². The van der Waals surface area contributed by atoms with Gasteiger partial charge in [-0.15, -0.1) is 24.8 Å². The molecule has 6 nitrogen and oxygen atoms in total. The van der Waals surface area contributed by atoms with Crippen molar-refractivity contribution in [3.8, 4) is 11.5 Å². The average Bonchev–Trinajstić information content (AvgIpc) is 2.93. The molecule has 2 N–H and O–H groups in total. The molecule has 0 atom stereocenters. The highest BCUT2D eigenvalue weighted by Gasteiger charge is 2.12. The Morgan fingerprint density at radius 3 is 1.46 bits per heavy atom. The third kappa shape index (κ3) is 7.37. The lowest BCUT2D eigenvalue weighted by Gasteiger charge is -2.15. The number of amidine groups is 2. The number of rotatable bonds is 8. The molecule has 0 aromatic heterocycles. The second-order valence-corrected chi connectivity index (χ2v) is 8.54. The van der Waals surface area contributed by atoms with Crippen LogP contribution in [0, 0.1) is 5.82 Å². The first kappa shape index (κ1) is 28.3. The molecule has 3 aromatic carbocycles. The summed E-state index contributed by atoms with van der Waals surface area (Å²) >= 11 is 0. The predicted molar refractivity (Wildman–Crippen MR) is 150 cm³/mol. The highest BCUT2D eigenvalue weighted by atomic mass is 35.5. The second-order valence-electron chi connectivity index (χ2n) is 8.54. The summed E-state index contributed by atoms with van der Waals surface area (Å²) in [6, 6.07) is 20.7. The molecular weight excluding hydrogens is 514 g/mol. The van der Waals surface area contributed by atoms with Gasteiger partial charge in [-0.1, -0.05) is 18.2 Å². The summed E-state index contributed by atoms with van der Waals surface area (Å²) in [7, 11) is 0. The maximum absolute atomic E-state index is 15.1. The van der Waals surface area contributed by atoms with Crippen LogP contribution in [0.4, 0.5) is 4.39 Å². The van der Waals surface area contributed by atoms with E-state index in [0.717, 1.165) is 61.8 Å². The lowest BCUT2D eigenvalue weighted by molar-refractivity contribution is 0.287. The minimum atomic E-state index is -0.303. The van der Waals surface area contributed by atoms with Gasteiger partial charge in [-0.3, -0.25) is 9.98 Å². The molecule has 0 aliphatic carbocycles. The first-order valence-corrected chi connectivity index (χ1v) is 12.1. The summed E-state index contributed by atoms with van der Waals surface area (Å²) in [6.07, 6.45) is 2.11. The summed E-state index contributed by atoms with van der Waals surface area (Å²) in [4.78, 5) is 9.01. The SMILES string of the molecule is Cl.Cl.Fc1c(COc2ccc(C3=NCCCN3)cc2)cccc1COc1ccc(C2=NCCCN2)cc1. The Morgan fingerprint density at radius 2 is 1.08 bits per heavy atom. The van der Waals surface area contributed by atoms with Gasteiger partial charge in [0, 0.05) is 48.4 Å². The summed E-state index contributed by atoms with van der Waals surface area (Å²) in [5, 5.41) is 6.61. The molecule has 5 rings (SSSR count). The van der Waals surface area contributed by atoms with Gasteiger partial charge in [-0.2, -0.15) is 0 Å². The van der Waals surface area contributed by atoms with Crippen LogP contribution in [0.15, 0.2) is 76.7 Å². The van der Waals surface area contributed by atoms with E-state index >= 15 is 4.39 Å². The molecule has 2 aliphatic rings. The largest absolute Gasteiger partial charge is 0.489 e. The van der Waals surface area contributed by atoms with E-state index in [0.29, 0.717) is 22.6 Å². The zero-order valence-electron chi connectivity index (χ0n) is 20.4. The fraction of sp³-hybridized carbons (Fsp3) is 0.286. The van der Waals surface area contributed by atoms with Crippen molar-refractivity contribution in [1.29, 1.82) is 0 Å². The van der Waals surface area contributed by atoms with Crippen molar-refractivity contribution in [2.24, 2.45) is 9.98 Å². The van der Waals surface area contributed by atoms with Crippen molar-refractivity contribution in [3.05, 3.63) is 94.8 Å². The third-order valence-electron chi connectivity index (χ3n) is 6.00. The van der Waals surface area contributed by atoms with Crippen LogP contribution in [0.25, 0.3) is 0 Å². The lowest BCUT2D eigenvalue weighted by atomic mass is 10.1. The number of nitrogens with zero attached hydrogens (tertiary/aromatic N) is 2. The summed E-state index contributed by atoms with van der Waals surface area (Å²) in [5.74, 6) is 2.89. The fourth-order valence-electron chi connectivity index (χ4n) is 4.05. The number of ether oxygens (including phenoxy) is 2. The predicted octanol–water partition coefficient (Wildman–Crippen LogP) is 5.31. The van der Waals surface area contributed by atoms with Crippen LogP contribution in [0.5, 0.6) is 11.5 Å². The van der Waals surface area contributed by atoms with Crippen LogP contribution in [0.1, 0.15) is 35.1 Å². The minimum Gasteiger partial charge on any atom is -0.489 e. The van der Waals surface area contributed by atoms with Crippen molar-refractivity contribution in [3.63, 3.8) is 0 Å². The zero-order valence-corrected chi connectivity index (χ0v) is 22.0. The summed E-state index contributed by atoms with van der Waals surface area (Å²) in [6.45, 7) is 3.85. The van der Waals surface area contributed by atoms with Gasteiger partial charge in [0.25, 0.3) is 0 Å². The Labute approximate surface area is 229 Å². The number of halogens is 3. The third-order valence-corrected chi connectivity index (χ3v) is 6.00. The van der Waals surface area contributed by atoms with E-state index < -0.39 is 0 Å². The van der Waals surface area contributed by atoms with Gasteiger partial charge in [0.2, 0.25) is 0 Å². The number of nitrogens with one attached hydrogen (secondary N) is 2. The molecule has 2 heterocycles. The van der Waals surface area contributed by atoms with Crippen LogP contribution in [0.2, 0.25) is 0 Å². The summed E-state index contributed by atoms with van der Waals surface area (Å²) < 4.78 is 26.8. The Bertz CT molecular complexity index is 1130. The Balaban J connectivity index is 0.00000190. The molecule has 0 fully saturated rings. The van der Waals surface area contributed by atoms with E-state index in [1.54, 1.807) is 12.1 Å². The van der Waals surface area contributed by atoms with Gasteiger partial charge in [0.15, 0.2) is 0 Å². The van der Waals surface area contributed by atoms with Gasteiger partial charge >= 0.3 is 0 Å². The normalized spacial score (nSPS) is 14.5. The fourth-order valence-corrected chi connectivity index (χ4v) is 4.05. The maximum Gasteiger partial charge on any atom is 0.136 e. The van der Waals surface area contributed by atoms with Gasteiger partial charge in [0.05, 0.1) is 0 Å². The van der Waals surface area contributed by atoms with Crippen LogP contribution in [-0.2, 0) is 13.2 Å². The van der Waals surface area contributed by atoms with Crippen molar-refractivity contribution >= 4 is 36.5 Å². The molecule has 0 unspecified atom stereocenters. The average molecular weight is 545 g/mol. The van der Waals surface area contributed by atoms with Gasteiger partial charge < -0.3 is 20.1 Å². The van der Waals surface area contributed by atoms with E-state index in [2.05, 4.69) is 20.6 Å². The van der Waals surface area contributed by atoms with Crippen molar-refractivity contribution in [2.75, 3.05) is 26.2 Å². The molecule has 0 saturated carbocycles. The van der Waals surface area contributed by atoms with Crippen molar-refractivity contribution < 1.29 is 13.9 Å². The van der Waals surface area contributed by atoms with E-state index in [1.807, 2.05) is 54.6 Å². The van der Waals surface area contributed by atoms with E-state index in [9.17, 15) is 0 Å². The number of benzene rings is 3. The van der Waals surface area contributed by atoms with Crippen LogP contribution in [-0.4, -0.2) is 37.9 Å². The lowest BCUT2D eigenvalue weighted by Crippen LogP contribution is -2.30. The van der Waals surface area contributed by atoms with Crippen LogP contribution < -0.4 is 20.1 Å². The molecule has 0 spiro atoms. The highest BCUT2D eigenvalue weighted by Crippen LogP contribution is 2.20. The Hall–Kier alpha value is -3.29. The molecule has 0 amide bonds. The molecule has 0 radical (unpaired) electrons. The number of aliphatic imine (C=N–C) groups is 2. The number of hydrogen-bond donors (Lipinski definition) is 2. The molecule has 2 aliphatic heterocycles. The van der Waals surface area contributed by atoms with Crippen molar-refractivity contribution in [1.82, 2.24) is 10.6 Å². The molecule has 3 aromatic rings. The maximum atomic E-state index is 15.1. The van der Waals surface area contributed by atoms with Crippen molar-refractivity contribution in [2.45, 2.75) is 26.1 Å². The standard InChI is InChI=1S/C28H29FN4O2.2ClH/c29-26-22(18-34-24-10-6-20(7-11-24)27-30-14-2-15-31-27)4-1-5-23(26)19-35-25-12-8-21(9-13-25)28-32-16-3-17-33-28;;/h1,4-13H,2-3,14-19H2,(H,30,31)(H,32,33);2*1H. The molecule has 37 heavy (non-hydrogen) atoms. The quantitative estimate of drug-likeness (QED) is 0.403. The monoisotopic (exact) mass is 544 g/mol. The van der Waals surface area contributed by atoms with E-state index in [-0.39, 0.29) is 43.8 Å². The van der Waals surface area contributed by atoms with Gasteiger partial charge in [-0.05, 0) is 61.4 Å². The van der Waals surface area contributed by atoms with Crippen LogP contribution in [0.3, 0.4) is 0 Å². The smallest absolute Gasteiger partial charge is 0.136 e. The zero-order chi connectivity index (χ0) is 23.9. The number of hydrogen-bond acceptors (Lipinski definition) is 6. The molecule has 196 valence electrons. The van der Waals surface area contributed by atoms with Gasteiger partial charge in [0.1, 0.15) is 42.2 Å². The molecule has 0 saturated heterocycles. The second kappa shape index (κ2) is 13.9. The molecule has 9 heteroatoms. The first-order chi connectivity index (χ1) is 17.3. The van der Waals surface area contributed by atoms with E-state index in [1.165, 1.54) is 0 Å². The minimum absolute atomic E-state index is 0. The topological polar surface area (TPSA) is 67.2 Å². The first-order valence-electron chi connectivity index (χ1n) is 12.1. The van der Waals surface area contributed by atoms with Crippen LogP contribution >= 0.6 is 24.8 Å². The molecule has 0 bridgehead atoms. The summed E-state index contributed by atoms with van der Waals surface area (Å²) in [5.41, 5.74) is 3.03. The Morgan fingerprint density at radius 1 is 0.649 bits per heavy atom. The molecular formula is C28H31Cl2FN4O2. The van der Waals surface area contributed by atoms with E-state index in [4.69, 9.17) is 9.47 Å². The Kier molecular flexibility index (Phi) is 10.6. The highest BCUT2D eigenvalue weighted by molar-refractivity contribution is 5.99.